The molecule has 8 heteroatoms. The monoisotopic (exact) mass is 308 g/mol. The minimum Gasteiger partial charge on any atom is -0.379 e. The number of rotatable bonds is 5. The molecule has 1 aliphatic heterocycles. The first-order chi connectivity index (χ1) is 10.6. The van der Waals surface area contributed by atoms with Gasteiger partial charge in [-0.05, 0) is 13.0 Å². The van der Waals surface area contributed by atoms with Crippen LogP contribution < -0.4 is 10.6 Å². The number of aryl methyl sites for hydroxylation is 1. The van der Waals surface area contributed by atoms with E-state index in [1.807, 2.05) is 0 Å². The molecule has 1 heterocycles. The van der Waals surface area contributed by atoms with Gasteiger partial charge < -0.3 is 15.4 Å². The number of benzene rings is 1. The Morgan fingerprint density at radius 3 is 2.82 bits per heavy atom. The quantitative estimate of drug-likeness (QED) is 0.632. The number of urea groups is 1. The Hall–Kier alpha value is -2.19. The summed E-state index contributed by atoms with van der Waals surface area (Å²) in [5.41, 5.74) is 0.954. The van der Waals surface area contributed by atoms with Gasteiger partial charge in [-0.2, -0.15) is 0 Å². The van der Waals surface area contributed by atoms with E-state index in [0.29, 0.717) is 17.8 Å². The van der Waals surface area contributed by atoms with Gasteiger partial charge in [-0.1, -0.05) is 6.07 Å². The van der Waals surface area contributed by atoms with Gasteiger partial charge in [-0.15, -0.1) is 0 Å². The van der Waals surface area contributed by atoms with Crippen molar-refractivity contribution in [3.63, 3.8) is 0 Å². The molecule has 0 radical (unpaired) electrons. The summed E-state index contributed by atoms with van der Waals surface area (Å²) in [6.45, 7) is 6.11. The van der Waals surface area contributed by atoms with Crippen LogP contribution in [0.4, 0.5) is 16.2 Å². The maximum atomic E-state index is 11.8. The second-order valence-electron chi connectivity index (χ2n) is 5.09. The largest absolute Gasteiger partial charge is 0.379 e. The average molecular weight is 308 g/mol. The normalized spacial score (nSPS) is 15.3. The summed E-state index contributed by atoms with van der Waals surface area (Å²) in [4.78, 5) is 24.4. The first-order valence-electron chi connectivity index (χ1n) is 7.16. The second kappa shape index (κ2) is 7.71. The molecule has 1 aliphatic rings. The molecule has 1 saturated heterocycles. The van der Waals surface area contributed by atoms with E-state index in [-0.39, 0.29) is 11.7 Å². The lowest BCUT2D eigenvalue weighted by molar-refractivity contribution is -0.385. The van der Waals surface area contributed by atoms with Gasteiger partial charge in [0.05, 0.1) is 18.1 Å². The fourth-order valence-corrected chi connectivity index (χ4v) is 2.21. The first-order valence-corrected chi connectivity index (χ1v) is 7.16. The highest BCUT2D eigenvalue weighted by Crippen LogP contribution is 2.22. The highest BCUT2D eigenvalue weighted by atomic mass is 16.6. The Kier molecular flexibility index (Phi) is 5.68. The summed E-state index contributed by atoms with van der Waals surface area (Å²) >= 11 is 0. The van der Waals surface area contributed by atoms with E-state index in [2.05, 4.69) is 15.5 Å². The number of carbonyl (C=O) groups is 1. The van der Waals surface area contributed by atoms with Crippen LogP contribution in [0, 0.1) is 17.0 Å². The molecule has 0 saturated carbocycles. The zero-order valence-corrected chi connectivity index (χ0v) is 12.5. The number of hydrogen-bond acceptors (Lipinski definition) is 5. The second-order valence-corrected chi connectivity index (χ2v) is 5.09. The zero-order chi connectivity index (χ0) is 15.9. The van der Waals surface area contributed by atoms with Gasteiger partial charge in [0.25, 0.3) is 5.69 Å². The summed E-state index contributed by atoms with van der Waals surface area (Å²) < 4.78 is 5.25. The van der Waals surface area contributed by atoms with Crippen LogP contribution in [0.2, 0.25) is 0 Å². The summed E-state index contributed by atoms with van der Waals surface area (Å²) in [6.07, 6.45) is 0. The maximum absolute atomic E-state index is 11.8. The number of carbonyl (C=O) groups excluding carboxylic acids is 1. The molecule has 2 amide bonds. The maximum Gasteiger partial charge on any atom is 0.319 e. The van der Waals surface area contributed by atoms with E-state index >= 15 is 0 Å². The van der Waals surface area contributed by atoms with E-state index in [9.17, 15) is 14.9 Å². The van der Waals surface area contributed by atoms with Crippen molar-refractivity contribution < 1.29 is 14.5 Å². The molecule has 1 aromatic rings. The van der Waals surface area contributed by atoms with Crippen LogP contribution in [-0.2, 0) is 4.74 Å². The van der Waals surface area contributed by atoms with Gasteiger partial charge >= 0.3 is 6.03 Å². The Labute approximate surface area is 128 Å². The molecule has 0 aromatic heterocycles. The van der Waals surface area contributed by atoms with Crippen molar-refractivity contribution in [1.82, 2.24) is 10.2 Å². The van der Waals surface area contributed by atoms with Crippen LogP contribution >= 0.6 is 0 Å². The number of nitro groups is 1. The fraction of sp³-hybridized carbons (Fsp3) is 0.500. The van der Waals surface area contributed by atoms with Gasteiger partial charge in [0, 0.05) is 43.5 Å². The van der Waals surface area contributed by atoms with E-state index in [0.717, 1.165) is 32.8 Å². The summed E-state index contributed by atoms with van der Waals surface area (Å²) in [5.74, 6) is 0. The molecule has 1 fully saturated rings. The standard InChI is InChI=1S/C14H20N4O4/c1-11-2-3-12(10-13(11)18(20)21)16-14(19)15-4-5-17-6-8-22-9-7-17/h2-3,10H,4-9H2,1H3,(H2,15,16,19). The molecule has 0 spiro atoms. The topological polar surface area (TPSA) is 96.7 Å². The van der Waals surface area contributed by atoms with Crippen LogP contribution in [0.25, 0.3) is 0 Å². The van der Waals surface area contributed by atoms with Crippen LogP contribution in [-0.4, -0.2) is 55.2 Å². The van der Waals surface area contributed by atoms with Crippen LogP contribution in [0.1, 0.15) is 5.56 Å². The Morgan fingerprint density at radius 2 is 2.14 bits per heavy atom. The van der Waals surface area contributed by atoms with Crippen LogP contribution in [0.3, 0.4) is 0 Å². The Balaban J connectivity index is 1.79. The number of nitrogens with zero attached hydrogens (tertiary/aromatic N) is 2. The SMILES string of the molecule is Cc1ccc(NC(=O)NCCN2CCOCC2)cc1[N+](=O)[O-]. The van der Waals surface area contributed by atoms with Gasteiger partial charge in [0.2, 0.25) is 0 Å². The summed E-state index contributed by atoms with van der Waals surface area (Å²) in [6, 6.07) is 4.24. The molecule has 0 unspecified atom stereocenters. The smallest absolute Gasteiger partial charge is 0.319 e. The van der Waals surface area contributed by atoms with E-state index in [1.54, 1.807) is 19.1 Å². The number of amides is 2. The lowest BCUT2D eigenvalue weighted by Crippen LogP contribution is -2.42. The molecule has 22 heavy (non-hydrogen) atoms. The van der Waals surface area contributed by atoms with Gasteiger partial charge in [-0.25, -0.2) is 4.79 Å². The molecule has 8 nitrogen and oxygen atoms in total. The molecule has 2 rings (SSSR count). The van der Waals surface area contributed by atoms with Crippen molar-refractivity contribution in [3.8, 4) is 0 Å². The van der Waals surface area contributed by atoms with Crippen molar-refractivity contribution in [2.45, 2.75) is 6.92 Å². The number of nitro benzene ring substituents is 1. The molecule has 120 valence electrons. The highest BCUT2D eigenvalue weighted by Gasteiger charge is 2.13. The van der Waals surface area contributed by atoms with Gasteiger partial charge in [0.15, 0.2) is 0 Å². The lowest BCUT2D eigenvalue weighted by Gasteiger charge is -2.26. The first kappa shape index (κ1) is 16.2. The summed E-state index contributed by atoms with van der Waals surface area (Å²) in [7, 11) is 0. The number of nitrogens with one attached hydrogen (secondary N) is 2. The third-order valence-corrected chi connectivity index (χ3v) is 3.48. The van der Waals surface area contributed by atoms with Gasteiger partial charge in [-0.3, -0.25) is 15.0 Å². The Morgan fingerprint density at radius 1 is 1.41 bits per heavy atom. The van der Waals surface area contributed by atoms with Crippen molar-refractivity contribution in [2.75, 3.05) is 44.7 Å². The molecular formula is C14H20N4O4. The predicted molar refractivity (Wildman–Crippen MR) is 82.1 cm³/mol. The molecule has 0 atom stereocenters. The Bertz CT molecular complexity index is 544. The van der Waals surface area contributed by atoms with Crippen LogP contribution in [0.5, 0.6) is 0 Å². The zero-order valence-electron chi connectivity index (χ0n) is 12.5. The van der Waals surface area contributed by atoms with Crippen LogP contribution in [0.15, 0.2) is 18.2 Å². The van der Waals surface area contributed by atoms with E-state index < -0.39 is 4.92 Å². The van der Waals surface area contributed by atoms with Crippen molar-refractivity contribution >= 4 is 17.4 Å². The average Bonchev–Trinajstić information content (AvgIpc) is 2.50. The lowest BCUT2D eigenvalue weighted by atomic mass is 10.2. The number of anilines is 1. The molecule has 0 aliphatic carbocycles. The minimum atomic E-state index is -0.461. The highest BCUT2D eigenvalue weighted by molar-refractivity contribution is 5.89. The third-order valence-electron chi connectivity index (χ3n) is 3.48. The van der Waals surface area contributed by atoms with E-state index in [4.69, 9.17) is 4.74 Å². The van der Waals surface area contributed by atoms with E-state index in [1.165, 1.54) is 6.07 Å². The van der Waals surface area contributed by atoms with Crippen molar-refractivity contribution in [3.05, 3.63) is 33.9 Å². The fourth-order valence-electron chi connectivity index (χ4n) is 2.21. The minimum absolute atomic E-state index is 0.00823. The van der Waals surface area contributed by atoms with Crippen molar-refractivity contribution in [2.24, 2.45) is 0 Å². The third kappa shape index (κ3) is 4.68. The molecule has 2 N–H and O–H groups in total. The number of hydrogen-bond donors (Lipinski definition) is 2. The number of ether oxygens (including phenoxy) is 1. The molecule has 0 bridgehead atoms. The van der Waals surface area contributed by atoms with Crippen molar-refractivity contribution in [1.29, 1.82) is 0 Å². The van der Waals surface area contributed by atoms with Gasteiger partial charge in [0.1, 0.15) is 0 Å². The number of morpholine rings is 1. The molecule has 1 aromatic carbocycles. The summed E-state index contributed by atoms with van der Waals surface area (Å²) in [5, 5.41) is 16.2. The predicted octanol–water partition coefficient (Wildman–Crippen LogP) is 1.36. The molecular weight excluding hydrogens is 288 g/mol.